The van der Waals surface area contributed by atoms with Crippen LogP contribution in [0, 0.1) is 13.8 Å². The lowest BCUT2D eigenvalue weighted by Crippen LogP contribution is -2.30. The molecule has 0 aliphatic heterocycles. The number of nitrogens with one attached hydrogen (secondary N) is 1. The van der Waals surface area contributed by atoms with Crippen LogP contribution in [0.3, 0.4) is 0 Å². The molecule has 0 saturated carbocycles. The van der Waals surface area contributed by atoms with Gasteiger partial charge in [-0.2, -0.15) is 0 Å². The molecule has 2 aromatic rings. The molecule has 0 aliphatic carbocycles. The van der Waals surface area contributed by atoms with E-state index in [0.717, 1.165) is 11.1 Å². The van der Waals surface area contributed by atoms with Gasteiger partial charge >= 0.3 is 5.97 Å². The van der Waals surface area contributed by atoms with Gasteiger partial charge in [0.25, 0.3) is 5.91 Å². The molecule has 1 amide bonds. The van der Waals surface area contributed by atoms with Crippen molar-refractivity contribution in [2.75, 3.05) is 12.4 Å². The molecule has 2 aromatic carbocycles. The Bertz CT molecular complexity index is 908. The third kappa shape index (κ3) is 6.32. The number of hydrogen-bond donors (Lipinski definition) is 1. The summed E-state index contributed by atoms with van der Waals surface area (Å²) in [7, 11) is 1.46. The number of esters is 1. The van der Waals surface area contributed by atoms with E-state index in [-0.39, 0.29) is 18.6 Å². The standard InChI is InChI=1S/C22H24ClNO5/c1-13-5-7-16(8-6-13)19(25)9-10-21(26)29-15(3)22(27)24-18-11-14(2)17(23)12-20(18)28-4/h5-8,11-12,15H,9-10H2,1-4H3,(H,24,27). The Balaban J connectivity index is 1.89. The van der Waals surface area contributed by atoms with Crippen LogP contribution in [0.5, 0.6) is 5.75 Å². The molecule has 0 aliphatic rings. The summed E-state index contributed by atoms with van der Waals surface area (Å²) in [4.78, 5) is 36.5. The largest absolute Gasteiger partial charge is 0.495 e. The monoisotopic (exact) mass is 417 g/mol. The van der Waals surface area contributed by atoms with Crippen LogP contribution >= 0.6 is 11.6 Å². The number of amides is 1. The van der Waals surface area contributed by atoms with Crippen LogP contribution in [-0.4, -0.2) is 30.9 Å². The number of halogens is 1. The maximum absolute atomic E-state index is 12.4. The van der Waals surface area contributed by atoms with E-state index in [1.54, 1.807) is 31.2 Å². The summed E-state index contributed by atoms with van der Waals surface area (Å²) in [6, 6.07) is 10.4. The molecular formula is C22H24ClNO5. The number of aryl methyl sites for hydroxylation is 2. The quantitative estimate of drug-likeness (QED) is 0.505. The van der Waals surface area contributed by atoms with Gasteiger partial charge in [0.15, 0.2) is 11.9 Å². The van der Waals surface area contributed by atoms with E-state index >= 15 is 0 Å². The third-order valence-corrected chi connectivity index (χ3v) is 4.75. The molecule has 29 heavy (non-hydrogen) atoms. The normalized spacial score (nSPS) is 11.5. The second-order valence-corrected chi connectivity index (χ2v) is 7.12. The van der Waals surface area contributed by atoms with Gasteiger partial charge in [-0.3, -0.25) is 14.4 Å². The third-order valence-electron chi connectivity index (χ3n) is 4.35. The average molecular weight is 418 g/mol. The van der Waals surface area contributed by atoms with Gasteiger partial charge < -0.3 is 14.8 Å². The van der Waals surface area contributed by atoms with Crippen molar-refractivity contribution < 1.29 is 23.9 Å². The molecule has 2 rings (SSSR count). The summed E-state index contributed by atoms with van der Waals surface area (Å²) in [6.45, 7) is 5.19. The molecule has 7 heteroatoms. The van der Waals surface area contributed by atoms with Gasteiger partial charge in [0, 0.05) is 23.1 Å². The second kappa shape index (κ2) is 10.1. The van der Waals surface area contributed by atoms with Crippen LogP contribution in [0.4, 0.5) is 5.69 Å². The van der Waals surface area contributed by atoms with Crippen molar-refractivity contribution in [3.8, 4) is 5.75 Å². The molecule has 0 aromatic heterocycles. The van der Waals surface area contributed by atoms with Gasteiger partial charge in [0.2, 0.25) is 0 Å². The van der Waals surface area contributed by atoms with Gasteiger partial charge in [-0.25, -0.2) is 0 Å². The van der Waals surface area contributed by atoms with Gasteiger partial charge in [-0.05, 0) is 32.4 Å². The highest BCUT2D eigenvalue weighted by Gasteiger charge is 2.20. The number of benzene rings is 2. The molecular weight excluding hydrogens is 394 g/mol. The Morgan fingerprint density at radius 1 is 1.07 bits per heavy atom. The number of ether oxygens (including phenoxy) is 2. The molecule has 0 fully saturated rings. The summed E-state index contributed by atoms with van der Waals surface area (Å²) < 4.78 is 10.4. The highest BCUT2D eigenvalue weighted by Crippen LogP contribution is 2.31. The van der Waals surface area contributed by atoms with Gasteiger partial charge in [-0.15, -0.1) is 0 Å². The zero-order valence-corrected chi connectivity index (χ0v) is 17.6. The molecule has 0 bridgehead atoms. The first-order chi connectivity index (χ1) is 13.7. The zero-order valence-electron chi connectivity index (χ0n) is 16.9. The van der Waals surface area contributed by atoms with Crippen molar-refractivity contribution in [2.45, 2.75) is 39.7 Å². The highest BCUT2D eigenvalue weighted by atomic mass is 35.5. The summed E-state index contributed by atoms with van der Waals surface area (Å²) >= 11 is 6.06. The van der Waals surface area contributed by atoms with Crippen molar-refractivity contribution in [2.24, 2.45) is 0 Å². The number of carbonyl (C=O) groups is 3. The van der Waals surface area contributed by atoms with Crippen LogP contribution in [-0.2, 0) is 14.3 Å². The molecule has 0 spiro atoms. The molecule has 0 saturated heterocycles. The minimum atomic E-state index is -1.03. The smallest absolute Gasteiger partial charge is 0.307 e. The highest BCUT2D eigenvalue weighted by molar-refractivity contribution is 6.31. The van der Waals surface area contributed by atoms with E-state index in [2.05, 4.69) is 5.32 Å². The fourth-order valence-electron chi connectivity index (χ4n) is 2.57. The molecule has 1 N–H and O–H groups in total. The van der Waals surface area contributed by atoms with Crippen LogP contribution in [0.25, 0.3) is 0 Å². The molecule has 154 valence electrons. The first-order valence-corrected chi connectivity index (χ1v) is 9.53. The van der Waals surface area contributed by atoms with E-state index < -0.39 is 18.0 Å². The lowest BCUT2D eigenvalue weighted by atomic mass is 10.1. The van der Waals surface area contributed by atoms with E-state index in [9.17, 15) is 14.4 Å². The Hall–Kier alpha value is -2.86. The summed E-state index contributed by atoms with van der Waals surface area (Å²) in [5, 5.41) is 3.18. The zero-order chi connectivity index (χ0) is 21.6. The van der Waals surface area contributed by atoms with Crippen LogP contribution in [0.1, 0.15) is 41.3 Å². The molecule has 0 radical (unpaired) electrons. The van der Waals surface area contributed by atoms with E-state index in [1.165, 1.54) is 14.0 Å². The van der Waals surface area contributed by atoms with Crippen LogP contribution < -0.4 is 10.1 Å². The van der Waals surface area contributed by atoms with E-state index in [4.69, 9.17) is 21.1 Å². The predicted octanol–water partition coefficient (Wildman–Crippen LogP) is 4.50. The van der Waals surface area contributed by atoms with Crippen molar-refractivity contribution in [3.63, 3.8) is 0 Å². The number of methoxy groups -OCH3 is 1. The summed E-state index contributed by atoms with van der Waals surface area (Å²) in [5.41, 5.74) is 2.78. The van der Waals surface area contributed by atoms with Gasteiger partial charge in [0.05, 0.1) is 19.2 Å². The Morgan fingerprint density at radius 3 is 2.34 bits per heavy atom. The predicted molar refractivity (Wildman–Crippen MR) is 112 cm³/mol. The van der Waals surface area contributed by atoms with Crippen molar-refractivity contribution in [1.82, 2.24) is 0 Å². The Kier molecular flexibility index (Phi) is 7.79. The fraction of sp³-hybridized carbons (Fsp3) is 0.318. The van der Waals surface area contributed by atoms with Gasteiger partial charge in [-0.1, -0.05) is 41.4 Å². The number of hydrogen-bond acceptors (Lipinski definition) is 5. The lowest BCUT2D eigenvalue weighted by Gasteiger charge is -2.16. The average Bonchev–Trinajstić information content (AvgIpc) is 2.69. The minimum absolute atomic E-state index is 0.0143. The topological polar surface area (TPSA) is 81.7 Å². The Labute approximate surface area is 175 Å². The van der Waals surface area contributed by atoms with Gasteiger partial charge in [0.1, 0.15) is 5.75 Å². The van der Waals surface area contributed by atoms with Crippen molar-refractivity contribution in [3.05, 3.63) is 58.1 Å². The molecule has 6 nitrogen and oxygen atoms in total. The van der Waals surface area contributed by atoms with Crippen LogP contribution in [0.2, 0.25) is 5.02 Å². The fourth-order valence-corrected chi connectivity index (χ4v) is 2.73. The molecule has 0 heterocycles. The number of rotatable bonds is 8. The van der Waals surface area contributed by atoms with E-state index in [0.29, 0.717) is 22.0 Å². The maximum Gasteiger partial charge on any atom is 0.307 e. The number of carbonyl (C=O) groups excluding carboxylic acids is 3. The van der Waals surface area contributed by atoms with Crippen LogP contribution in [0.15, 0.2) is 36.4 Å². The first kappa shape index (κ1) is 22.4. The van der Waals surface area contributed by atoms with E-state index in [1.807, 2.05) is 19.1 Å². The molecule has 1 atom stereocenters. The first-order valence-electron chi connectivity index (χ1n) is 9.15. The number of Topliss-reactive ketones (excluding diaryl/α,β-unsaturated/α-hetero) is 1. The lowest BCUT2D eigenvalue weighted by molar-refractivity contribution is -0.153. The van der Waals surface area contributed by atoms with Crippen molar-refractivity contribution in [1.29, 1.82) is 0 Å². The second-order valence-electron chi connectivity index (χ2n) is 6.71. The molecule has 1 unspecified atom stereocenters. The van der Waals surface area contributed by atoms with Crippen molar-refractivity contribution >= 4 is 34.9 Å². The summed E-state index contributed by atoms with van der Waals surface area (Å²) in [5.74, 6) is -0.882. The number of anilines is 1. The SMILES string of the molecule is COc1cc(Cl)c(C)cc1NC(=O)C(C)OC(=O)CCC(=O)c1ccc(C)cc1. The Morgan fingerprint density at radius 2 is 1.72 bits per heavy atom. The number of ketones is 1. The summed E-state index contributed by atoms with van der Waals surface area (Å²) in [6.07, 6.45) is -1.12. The maximum atomic E-state index is 12.4. The minimum Gasteiger partial charge on any atom is -0.495 e.